The number of nitrogens with zero attached hydrogens (tertiary/aromatic N) is 1. The van der Waals surface area contributed by atoms with Crippen molar-refractivity contribution >= 4 is 5.91 Å². The monoisotopic (exact) mass is 223 g/mol. The fraction of sp³-hybridized carbons (Fsp3) is 0.583. The Morgan fingerprint density at radius 3 is 2.81 bits per heavy atom. The van der Waals surface area contributed by atoms with E-state index in [1.165, 1.54) is 0 Å². The van der Waals surface area contributed by atoms with Gasteiger partial charge >= 0.3 is 0 Å². The van der Waals surface area contributed by atoms with Crippen molar-refractivity contribution in [3.8, 4) is 0 Å². The molecule has 4 heteroatoms. The largest absolute Gasteiger partial charge is 0.349 e. The van der Waals surface area contributed by atoms with Gasteiger partial charge < -0.3 is 15.6 Å². The second kappa shape index (κ2) is 5.70. The Bertz CT molecular complexity index is 344. The minimum atomic E-state index is -0.0531. The highest BCUT2D eigenvalue weighted by Gasteiger charge is 2.12. The SMILES string of the molecule is CCC(N)CNC(=O)c1cccn1C(C)C. The number of amides is 1. The first kappa shape index (κ1) is 12.8. The highest BCUT2D eigenvalue weighted by atomic mass is 16.1. The van der Waals surface area contributed by atoms with Crippen molar-refractivity contribution < 1.29 is 4.79 Å². The Kier molecular flexibility index (Phi) is 4.55. The van der Waals surface area contributed by atoms with Gasteiger partial charge in [-0.3, -0.25) is 4.79 Å². The topological polar surface area (TPSA) is 60.0 Å². The van der Waals surface area contributed by atoms with Crippen molar-refractivity contribution in [2.24, 2.45) is 5.73 Å². The zero-order valence-corrected chi connectivity index (χ0v) is 10.2. The molecule has 0 spiro atoms. The lowest BCUT2D eigenvalue weighted by atomic mass is 10.2. The zero-order chi connectivity index (χ0) is 12.1. The number of rotatable bonds is 5. The first-order valence-corrected chi connectivity index (χ1v) is 5.76. The normalized spacial score (nSPS) is 12.8. The Labute approximate surface area is 96.8 Å². The van der Waals surface area contributed by atoms with Crippen LogP contribution in [0.5, 0.6) is 0 Å². The molecule has 0 bridgehead atoms. The minimum absolute atomic E-state index is 0.0337. The number of aromatic nitrogens is 1. The van der Waals surface area contributed by atoms with Gasteiger partial charge in [0.15, 0.2) is 0 Å². The molecule has 0 aromatic carbocycles. The third-order valence-corrected chi connectivity index (χ3v) is 2.62. The molecule has 1 aromatic rings. The lowest BCUT2D eigenvalue weighted by molar-refractivity contribution is 0.0940. The summed E-state index contributed by atoms with van der Waals surface area (Å²) in [6.45, 7) is 6.63. The van der Waals surface area contributed by atoms with Crippen molar-refractivity contribution in [3.63, 3.8) is 0 Å². The van der Waals surface area contributed by atoms with E-state index >= 15 is 0 Å². The van der Waals surface area contributed by atoms with Crippen LogP contribution in [-0.2, 0) is 0 Å². The summed E-state index contributed by atoms with van der Waals surface area (Å²) in [7, 11) is 0. The van der Waals surface area contributed by atoms with Crippen LogP contribution in [0.1, 0.15) is 43.7 Å². The van der Waals surface area contributed by atoms with E-state index < -0.39 is 0 Å². The number of carbonyl (C=O) groups excluding carboxylic acids is 1. The summed E-state index contributed by atoms with van der Waals surface area (Å²) in [6, 6.07) is 4.03. The number of carbonyl (C=O) groups is 1. The lowest BCUT2D eigenvalue weighted by Gasteiger charge is -2.14. The predicted octanol–water partition coefficient (Wildman–Crippen LogP) is 1.54. The summed E-state index contributed by atoms with van der Waals surface area (Å²) in [5, 5.41) is 2.85. The molecule has 0 saturated carbocycles. The van der Waals surface area contributed by atoms with Gasteiger partial charge in [-0.15, -0.1) is 0 Å². The number of nitrogens with one attached hydrogen (secondary N) is 1. The van der Waals surface area contributed by atoms with Gasteiger partial charge in [-0.2, -0.15) is 0 Å². The van der Waals surface area contributed by atoms with Crippen LogP contribution in [0.15, 0.2) is 18.3 Å². The van der Waals surface area contributed by atoms with E-state index in [0.717, 1.165) is 6.42 Å². The van der Waals surface area contributed by atoms with Crippen LogP contribution in [0.25, 0.3) is 0 Å². The van der Waals surface area contributed by atoms with Crippen LogP contribution in [0.3, 0.4) is 0 Å². The molecule has 1 unspecified atom stereocenters. The highest BCUT2D eigenvalue weighted by Crippen LogP contribution is 2.10. The molecule has 16 heavy (non-hydrogen) atoms. The van der Waals surface area contributed by atoms with E-state index in [9.17, 15) is 4.79 Å². The Morgan fingerprint density at radius 1 is 1.56 bits per heavy atom. The lowest BCUT2D eigenvalue weighted by Crippen LogP contribution is -2.37. The quantitative estimate of drug-likeness (QED) is 0.795. The summed E-state index contributed by atoms with van der Waals surface area (Å²) in [5.74, 6) is -0.0531. The maximum absolute atomic E-state index is 11.9. The first-order chi connectivity index (χ1) is 7.56. The second-order valence-electron chi connectivity index (χ2n) is 4.27. The fourth-order valence-electron chi connectivity index (χ4n) is 1.50. The van der Waals surface area contributed by atoms with Gasteiger partial charge in [0, 0.05) is 24.8 Å². The molecule has 1 atom stereocenters. The Hall–Kier alpha value is -1.29. The number of hydrogen-bond donors (Lipinski definition) is 2. The van der Waals surface area contributed by atoms with Gasteiger partial charge in [0.1, 0.15) is 5.69 Å². The van der Waals surface area contributed by atoms with Crippen molar-refractivity contribution in [3.05, 3.63) is 24.0 Å². The summed E-state index contributed by atoms with van der Waals surface area (Å²) in [5.41, 5.74) is 6.44. The third-order valence-electron chi connectivity index (χ3n) is 2.62. The first-order valence-electron chi connectivity index (χ1n) is 5.76. The smallest absolute Gasteiger partial charge is 0.267 e. The second-order valence-corrected chi connectivity index (χ2v) is 4.27. The van der Waals surface area contributed by atoms with Crippen molar-refractivity contribution in [2.75, 3.05) is 6.54 Å². The summed E-state index contributed by atoms with van der Waals surface area (Å²) >= 11 is 0. The molecule has 1 rings (SSSR count). The summed E-state index contributed by atoms with van der Waals surface area (Å²) in [6.07, 6.45) is 2.78. The molecule has 0 radical (unpaired) electrons. The summed E-state index contributed by atoms with van der Waals surface area (Å²) in [4.78, 5) is 11.9. The highest BCUT2D eigenvalue weighted by molar-refractivity contribution is 5.92. The fourth-order valence-corrected chi connectivity index (χ4v) is 1.50. The molecule has 90 valence electrons. The zero-order valence-electron chi connectivity index (χ0n) is 10.2. The molecule has 3 N–H and O–H groups in total. The van der Waals surface area contributed by atoms with E-state index in [2.05, 4.69) is 19.2 Å². The Morgan fingerprint density at radius 2 is 2.25 bits per heavy atom. The van der Waals surface area contributed by atoms with E-state index in [1.54, 1.807) is 0 Å². The van der Waals surface area contributed by atoms with Gasteiger partial charge in [-0.05, 0) is 32.4 Å². The van der Waals surface area contributed by atoms with Crippen molar-refractivity contribution in [2.45, 2.75) is 39.3 Å². The van der Waals surface area contributed by atoms with Crippen molar-refractivity contribution in [1.82, 2.24) is 9.88 Å². The maximum Gasteiger partial charge on any atom is 0.267 e. The molecule has 1 aromatic heterocycles. The van der Waals surface area contributed by atoms with Crippen LogP contribution in [0.2, 0.25) is 0 Å². The van der Waals surface area contributed by atoms with Crippen LogP contribution in [0.4, 0.5) is 0 Å². The molecule has 0 fully saturated rings. The van der Waals surface area contributed by atoms with E-state index in [1.807, 2.05) is 29.8 Å². The van der Waals surface area contributed by atoms with Crippen molar-refractivity contribution in [1.29, 1.82) is 0 Å². The number of hydrogen-bond acceptors (Lipinski definition) is 2. The molecule has 0 aliphatic rings. The van der Waals surface area contributed by atoms with E-state index in [0.29, 0.717) is 12.2 Å². The van der Waals surface area contributed by atoms with Gasteiger partial charge in [-0.1, -0.05) is 6.92 Å². The Balaban J connectivity index is 2.62. The molecule has 1 heterocycles. The minimum Gasteiger partial charge on any atom is -0.349 e. The maximum atomic E-state index is 11.9. The standard InChI is InChI=1S/C12H21N3O/c1-4-10(13)8-14-12(16)11-6-5-7-15(11)9(2)3/h5-7,9-10H,4,8,13H2,1-3H3,(H,14,16). The van der Waals surface area contributed by atoms with Crippen LogP contribution in [0, 0.1) is 0 Å². The van der Waals surface area contributed by atoms with Gasteiger partial charge in [-0.25, -0.2) is 0 Å². The molecule has 0 saturated heterocycles. The molecular weight excluding hydrogens is 202 g/mol. The molecule has 0 aliphatic heterocycles. The van der Waals surface area contributed by atoms with Gasteiger partial charge in [0.05, 0.1) is 0 Å². The summed E-state index contributed by atoms with van der Waals surface area (Å²) < 4.78 is 1.95. The average Bonchev–Trinajstić information content (AvgIpc) is 2.74. The molecular formula is C12H21N3O. The predicted molar refractivity (Wildman–Crippen MR) is 65.4 cm³/mol. The van der Waals surface area contributed by atoms with Crippen LogP contribution >= 0.6 is 0 Å². The third kappa shape index (κ3) is 3.10. The van der Waals surface area contributed by atoms with E-state index in [-0.39, 0.29) is 18.0 Å². The van der Waals surface area contributed by atoms with Crippen LogP contribution in [-0.4, -0.2) is 23.1 Å². The average molecular weight is 223 g/mol. The number of nitrogens with two attached hydrogens (primary N) is 1. The van der Waals surface area contributed by atoms with E-state index in [4.69, 9.17) is 5.73 Å². The molecule has 0 aliphatic carbocycles. The van der Waals surface area contributed by atoms with Crippen LogP contribution < -0.4 is 11.1 Å². The molecule has 1 amide bonds. The molecule has 4 nitrogen and oxygen atoms in total. The van der Waals surface area contributed by atoms with Gasteiger partial charge in [0.2, 0.25) is 0 Å². The van der Waals surface area contributed by atoms with Gasteiger partial charge in [0.25, 0.3) is 5.91 Å².